The van der Waals surface area contributed by atoms with Crippen LogP contribution in [0.5, 0.6) is 0 Å². The van der Waals surface area contributed by atoms with Crippen LogP contribution in [0.15, 0.2) is 12.4 Å². The zero-order chi connectivity index (χ0) is 13.8. The fourth-order valence-electron chi connectivity index (χ4n) is 3.41. The number of aromatic nitrogens is 2. The molecule has 19 heavy (non-hydrogen) atoms. The predicted octanol–water partition coefficient (Wildman–Crippen LogP) is 3.14. The van der Waals surface area contributed by atoms with E-state index in [1.165, 1.54) is 31.2 Å². The average Bonchev–Trinajstić information content (AvgIpc) is 2.82. The van der Waals surface area contributed by atoms with Crippen molar-refractivity contribution in [3.8, 4) is 0 Å². The van der Waals surface area contributed by atoms with E-state index >= 15 is 0 Å². The number of aryl methyl sites for hydroxylation is 2. The molecule has 0 saturated heterocycles. The summed E-state index contributed by atoms with van der Waals surface area (Å²) in [5.41, 5.74) is 7.71. The second-order valence-corrected chi connectivity index (χ2v) is 6.64. The van der Waals surface area contributed by atoms with Crippen LogP contribution in [0.4, 0.5) is 0 Å². The molecule has 0 aromatic carbocycles. The maximum absolute atomic E-state index is 6.40. The Morgan fingerprint density at radius 2 is 1.89 bits per heavy atom. The largest absolute Gasteiger partial charge is 0.327 e. The smallest absolute Gasteiger partial charge is 0.0521 e. The van der Waals surface area contributed by atoms with Crippen LogP contribution < -0.4 is 5.73 Å². The highest BCUT2D eigenvalue weighted by molar-refractivity contribution is 5.04. The molecule has 0 aliphatic heterocycles. The van der Waals surface area contributed by atoms with Gasteiger partial charge in [-0.2, -0.15) is 5.10 Å². The molecule has 1 heterocycles. The molecule has 1 unspecified atom stereocenters. The first-order valence-electron chi connectivity index (χ1n) is 7.79. The Hall–Kier alpha value is -0.830. The van der Waals surface area contributed by atoms with Crippen molar-refractivity contribution < 1.29 is 0 Å². The average molecular weight is 263 g/mol. The number of hydrogen-bond donors (Lipinski definition) is 1. The third kappa shape index (κ3) is 4.07. The molecule has 1 aliphatic rings. The van der Waals surface area contributed by atoms with Crippen molar-refractivity contribution in [2.24, 2.45) is 30.5 Å². The van der Waals surface area contributed by atoms with E-state index in [-0.39, 0.29) is 0 Å². The molecule has 108 valence electrons. The number of nitrogens with two attached hydrogens (primary N) is 1. The van der Waals surface area contributed by atoms with Crippen molar-refractivity contribution in [1.82, 2.24) is 9.78 Å². The summed E-state index contributed by atoms with van der Waals surface area (Å²) >= 11 is 0. The molecule has 2 rings (SSSR count). The van der Waals surface area contributed by atoms with E-state index in [9.17, 15) is 0 Å². The van der Waals surface area contributed by atoms with E-state index in [1.807, 2.05) is 17.9 Å². The lowest BCUT2D eigenvalue weighted by atomic mass is 9.74. The standard InChI is InChI=1S/C16H29N3/c1-12(2)14-5-7-15(8-6-14)16(17)9-4-13-10-18-19(3)11-13/h10-12,14-16H,4-9,17H2,1-3H3. The Balaban J connectivity index is 1.73. The predicted molar refractivity (Wildman–Crippen MR) is 79.8 cm³/mol. The van der Waals surface area contributed by atoms with Gasteiger partial charge in [-0.3, -0.25) is 4.68 Å². The van der Waals surface area contributed by atoms with Gasteiger partial charge in [0, 0.05) is 19.3 Å². The number of nitrogens with zero attached hydrogens (tertiary/aromatic N) is 2. The second-order valence-electron chi connectivity index (χ2n) is 6.64. The summed E-state index contributed by atoms with van der Waals surface area (Å²) in [4.78, 5) is 0. The van der Waals surface area contributed by atoms with Crippen LogP contribution in [0.3, 0.4) is 0 Å². The molecule has 0 bridgehead atoms. The van der Waals surface area contributed by atoms with Crippen LogP contribution in [-0.2, 0) is 13.5 Å². The van der Waals surface area contributed by atoms with Gasteiger partial charge in [0.2, 0.25) is 0 Å². The summed E-state index contributed by atoms with van der Waals surface area (Å²) in [5.74, 6) is 2.51. The SMILES string of the molecule is CC(C)C1CCC(C(N)CCc2cnn(C)c2)CC1. The molecule has 0 radical (unpaired) electrons. The summed E-state index contributed by atoms with van der Waals surface area (Å²) < 4.78 is 1.87. The molecule has 1 atom stereocenters. The van der Waals surface area contributed by atoms with Crippen LogP contribution in [0.2, 0.25) is 0 Å². The zero-order valence-electron chi connectivity index (χ0n) is 12.7. The van der Waals surface area contributed by atoms with Gasteiger partial charge >= 0.3 is 0 Å². The van der Waals surface area contributed by atoms with Gasteiger partial charge < -0.3 is 5.73 Å². The van der Waals surface area contributed by atoms with Gasteiger partial charge in [-0.15, -0.1) is 0 Å². The van der Waals surface area contributed by atoms with Gasteiger partial charge in [0.25, 0.3) is 0 Å². The molecule has 0 amide bonds. The van der Waals surface area contributed by atoms with Gasteiger partial charge in [-0.05, 0) is 61.8 Å². The molecule has 3 heteroatoms. The Labute approximate surface area is 117 Å². The third-order valence-electron chi connectivity index (χ3n) is 4.89. The fourth-order valence-corrected chi connectivity index (χ4v) is 3.41. The van der Waals surface area contributed by atoms with Gasteiger partial charge in [0.1, 0.15) is 0 Å². The molecule has 1 fully saturated rings. The van der Waals surface area contributed by atoms with Crippen molar-refractivity contribution in [2.75, 3.05) is 0 Å². The highest BCUT2D eigenvalue weighted by atomic mass is 15.2. The van der Waals surface area contributed by atoms with Crippen LogP contribution in [0.25, 0.3) is 0 Å². The summed E-state index contributed by atoms with van der Waals surface area (Å²) in [7, 11) is 1.97. The normalized spacial score (nSPS) is 25.7. The van der Waals surface area contributed by atoms with Gasteiger partial charge in [0.15, 0.2) is 0 Å². The van der Waals surface area contributed by atoms with E-state index in [0.717, 1.165) is 30.6 Å². The van der Waals surface area contributed by atoms with Crippen LogP contribution in [0, 0.1) is 17.8 Å². The molecule has 1 aromatic heterocycles. The van der Waals surface area contributed by atoms with Crippen molar-refractivity contribution in [1.29, 1.82) is 0 Å². The molecule has 2 N–H and O–H groups in total. The maximum Gasteiger partial charge on any atom is 0.0521 e. The first-order chi connectivity index (χ1) is 9.06. The van der Waals surface area contributed by atoms with Gasteiger partial charge in [0.05, 0.1) is 6.20 Å². The molecule has 0 spiro atoms. The minimum absolute atomic E-state index is 0.369. The second kappa shape index (κ2) is 6.56. The highest BCUT2D eigenvalue weighted by Gasteiger charge is 2.26. The monoisotopic (exact) mass is 263 g/mol. The summed E-state index contributed by atoms with van der Waals surface area (Å²) in [6, 6.07) is 0.369. The molecular formula is C16H29N3. The van der Waals surface area contributed by atoms with E-state index in [0.29, 0.717) is 6.04 Å². The first-order valence-corrected chi connectivity index (χ1v) is 7.79. The zero-order valence-corrected chi connectivity index (χ0v) is 12.7. The summed E-state index contributed by atoms with van der Waals surface area (Å²) in [6.45, 7) is 4.71. The minimum Gasteiger partial charge on any atom is -0.327 e. The quantitative estimate of drug-likeness (QED) is 0.887. The van der Waals surface area contributed by atoms with E-state index in [4.69, 9.17) is 5.73 Å². The van der Waals surface area contributed by atoms with Crippen LogP contribution in [0.1, 0.15) is 51.5 Å². The number of rotatable bonds is 5. The highest BCUT2D eigenvalue weighted by Crippen LogP contribution is 2.35. The maximum atomic E-state index is 6.40. The summed E-state index contributed by atoms with van der Waals surface area (Å²) in [6.07, 6.45) is 11.6. The molecule has 1 aliphatic carbocycles. The Kier molecular flexibility index (Phi) is 5.03. The molecule has 3 nitrogen and oxygen atoms in total. The van der Waals surface area contributed by atoms with Gasteiger partial charge in [-0.25, -0.2) is 0 Å². The van der Waals surface area contributed by atoms with Crippen LogP contribution in [-0.4, -0.2) is 15.8 Å². The number of hydrogen-bond acceptors (Lipinski definition) is 2. The van der Waals surface area contributed by atoms with Crippen LogP contribution >= 0.6 is 0 Å². The van der Waals surface area contributed by atoms with E-state index in [1.54, 1.807) is 0 Å². The topological polar surface area (TPSA) is 43.8 Å². The lowest BCUT2D eigenvalue weighted by Gasteiger charge is -2.34. The summed E-state index contributed by atoms with van der Waals surface area (Å²) in [5, 5.41) is 4.21. The van der Waals surface area contributed by atoms with Crippen molar-refractivity contribution in [2.45, 2.75) is 58.4 Å². The molecular weight excluding hydrogens is 234 g/mol. The lowest BCUT2D eigenvalue weighted by Crippen LogP contribution is -2.34. The van der Waals surface area contributed by atoms with E-state index < -0.39 is 0 Å². The van der Waals surface area contributed by atoms with Crippen molar-refractivity contribution in [3.05, 3.63) is 18.0 Å². The molecule has 1 aromatic rings. The Morgan fingerprint density at radius 1 is 1.26 bits per heavy atom. The molecule has 1 saturated carbocycles. The Bertz CT molecular complexity index is 375. The Morgan fingerprint density at radius 3 is 2.42 bits per heavy atom. The van der Waals surface area contributed by atoms with Crippen molar-refractivity contribution >= 4 is 0 Å². The third-order valence-corrected chi connectivity index (χ3v) is 4.89. The minimum atomic E-state index is 0.369. The fraction of sp³-hybridized carbons (Fsp3) is 0.812. The first kappa shape index (κ1) is 14.6. The van der Waals surface area contributed by atoms with Gasteiger partial charge in [-0.1, -0.05) is 13.8 Å². The van der Waals surface area contributed by atoms with Crippen molar-refractivity contribution in [3.63, 3.8) is 0 Å². The van der Waals surface area contributed by atoms with E-state index in [2.05, 4.69) is 25.1 Å². The lowest BCUT2D eigenvalue weighted by molar-refractivity contribution is 0.199.